The van der Waals surface area contributed by atoms with Crippen LogP contribution in [0.25, 0.3) is 0 Å². The van der Waals surface area contributed by atoms with Gasteiger partial charge in [-0.1, -0.05) is 37.6 Å². The zero-order valence-electron chi connectivity index (χ0n) is 17.8. The van der Waals surface area contributed by atoms with Crippen LogP contribution in [0.3, 0.4) is 0 Å². The summed E-state index contributed by atoms with van der Waals surface area (Å²) < 4.78 is 25.6. The Morgan fingerprint density at radius 2 is 1.86 bits per heavy atom. The van der Waals surface area contributed by atoms with Crippen LogP contribution in [-0.4, -0.2) is 59.0 Å². The molecule has 0 saturated carbocycles. The van der Waals surface area contributed by atoms with E-state index in [4.69, 9.17) is 0 Å². The van der Waals surface area contributed by atoms with Crippen molar-refractivity contribution >= 4 is 40.0 Å². The number of halogens is 1. The van der Waals surface area contributed by atoms with Crippen LogP contribution in [0, 0.1) is 0 Å². The molecule has 1 aromatic rings. The lowest BCUT2D eigenvalue weighted by Gasteiger charge is -2.35. The average Bonchev–Trinajstić information content (AvgIpc) is 2.71. The zero-order valence-corrected chi connectivity index (χ0v) is 20.9. The molecule has 9 heteroatoms. The highest BCUT2D eigenvalue weighted by Gasteiger charge is 2.19. The maximum Gasteiger partial charge on any atom is 0.215 e. The van der Waals surface area contributed by atoms with E-state index in [1.807, 2.05) is 24.3 Å². The van der Waals surface area contributed by atoms with Gasteiger partial charge in [0.25, 0.3) is 0 Å². The van der Waals surface area contributed by atoms with Gasteiger partial charge in [-0.15, -0.1) is 24.0 Å². The van der Waals surface area contributed by atoms with Gasteiger partial charge in [0.05, 0.1) is 5.75 Å². The number of likely N-dealkylation sites (tertiary alicyclic amines) is 1. The minimum atomic E-state index is -3.24. The molecule has 1 fully saturated rings. The fourth-order valence-electron chi connectivity index (χ4n) is 3.59. The van der Waals surface area contributed by atoms with Crippen molar-refractivity contribution in [1.82, 2.24) is 20.3 Å². The molecule has 0 aliphatic carbocycles. The molecule has 2 rings (SSSR count). The second-order valence-corrected chi connectivity index (χ2v) is 9.15. The Balaban J connectivity index is 0.00000420. The van der Waals surface area contributed by atoms with E-state index < -0.39 is 10.0 Å². The highest BCUT2D eigenvalue weighted by Crippen LogP contribution is 2.18. The van der Waals surface area contributed by atoms with E-state index in [-0.39, 0.29) is 29.7 Å². The van der Waals surface area contributed by atoms with Gasteiger partial charge >= 0.3 is 0 Å². The number of hydrogen-bond acceptors (Lipinski definition) is 4. The third-order valence-electron chi connectivity index (χ3n) is 5.29. The lowest BCUT2D eigenvalue weighted by molar-refractivity contribution is 0.147. The summed E-state index contributed by atoms with van der Waals surface area (Å²) >= 11 is 0. The number of benzene rings is 1. The number of aliphatic imine (C=N–C) groups is 1. The Kier molecular flexibility index (Phi) is 12.1. The van der Waals surface area contributed by atoms with E-state index in [1.54, 1.807) is 7.05 Å². The Morgan fingerprint density at radius 1 is 1.17 bits per heavy atom. The van der Waals surface area contributed by atoms with Crippen LogP contribution in [0.1, 0.15) is 43.7 Å². The molecule has 29 heavy (non-hydrogen) atoms. The second-order valence-electron chi connectivity index (χ2n) is 7.23. The zero-order chi connectivity index (χ0) is 20.4. The third kappa shape index (κ3) is 9.18. The van der Waals surface area contributed by atoms with Crippen molar-refractivity contribution in [3.8, 4) is 0 Å². The fourth-order valence-corrected chi connectivity index (χ4v) is 4.36. The van der Waals surface area contributed by atoms with Crippen molar-refractivity contribution < 1.29 is 8.42 Å². The van der Waals surface area contributed by atoms with Crippen LogP contribution in [0.2, 0.25) is 0 Å². The van der Waals surface area contributed by atoms with Gasteiger partial charge in [-0.25, -0.2) is 13.1 Å². The molecule has 0 amide bonds. The van der Waals surface area contributed by atoms with Crippen molar-refractivity contribution in [2.24, 2.45) is 4.99 Å². The van der Waals surface area contributed by atoms with Gasteiger partial charge in [-0.05, 0) is 44.0 Å². The van der Waals surface area contributed by atoms with Crippen LogP contribution in [0.15, 0.2) is 29.3 Å². The van der Waals surface area contributed by atoms with Crippen LogP contribution in [0.5, 0.6) is 0 Å². The van der Waals surface area contributed by atoms with Crippen LogP contribution >= 0.6 is 24.0 Å². The Hall–Kier alpha value is -0.910. The topological polar surface area (TPSA) is 85.8 Å². The van der Waals surface area contributed by atoms with Gasteiger partial charge in [0.15, 0.2) is 5.96 Å². The van der Waals surface area contributed by atoms with Crippen molar-refractivity contribution in [2.75, 3.05) is 33.7 Å². The van der Waals surface area contributed by atoms with E-state index in [1.165, 1.54) is 39.3 Å². The first-order valence-corrected chi connectivity index (χ1v) is 11.8. The van der Waals surface area contributed by atoms with E-state index in [0.29, 0.717) is 6.54 Å². The van der Waals surface area contributed by atoms with E-state index in [9.17, 15) is 8.42 Å². The van der Waals surface area contributed by atoms with Crippen LogP contribution in [0.4, 0.5) is 0 Å². The monoisotopic (exact) mass is 537 g/mol. The summed E-state index contributed by atoms with van der Waals surface area (Å²) in [5.74, 6) is 0.780. The molecule has 1 aliphatic heterocycles. The quantitative estimate of drug-likeness (QED) is 0.256. The number of piperidine rings is 1. The highest BCUT2D eigenvalue weighted by molar-refractivity contribution is 14.0. The van der Waals surface area contributed by atoms with Gasteiger partial charge in [0.1, 0.15) is 0 Å². The summed E-state index contributed by atoms with van der Waals surface area (Å²) in [6.45, 7) is 6.02. The Morgan fingerprint density at radius 3 is 2.48 bits per heavy atom. The van der Waals surface area contributed by atoms with E-state index in [0.717, 1.165) is 36.2 Å². The average molecular weight is 538 g/mol. The molecule has 0 bridgehead atoms. The highest BCUT2D eigenvalue weighted by atomic mass is 127. The van der Waals surface area contributed by atoms with Crippen LogP contribution < -0.4 is 15.4 Å². The second kappa shape index (κ2) is 13.4. The van der Waals surface area contributed by atoms with Gasteiger partial charge in [-0.2, -0.15) is 0 Å². The number of nitrogens with one attached hydrogen (secondary N) is 3. The van der Waals surface area contributed by atoms with Crippen molar-refractivity contribution in [1.29, 1.82) is 0 Å². The van der Waals surface area contributed by atoms with Crippen molar-refractivity contribution in [3.63, 3.8) is 0 Å². The molecule has 7 nitrogen and oxygen atoms in total. The first kappa shape index (κ1) is 26.1. The maximum atomic E-state index is 11.6. The lowest BCUT2D eigenvalue weighted by Crippen LogP contribution is -2.45. The maximum absolute atomic E-state index is 11.6. The summed E-state index contributed by atoms with van der Waals surface area (Å²) in [5.41, 5.74) is 1.85. The van der Waals surface area contributed by atoms with Gasteiger partial charge in [0.2, 0.25) is 10.0 Å². The predicted octanol–water partition coefficient (Wildman–Crippen LogP) is 2.28. The molecule has 0 radical (unpaired) electrons. The summed E-state index contributed by atoms with van der Waals surface area (Å²) in [6.07, 6.45) is 5.19. The summed E-state index contributed by atoms with van der Waals surface area (Å²) in [7, 11) is -0.0344. The van der Waals surface area contributed by atoms with Crippen LogP contribution in [-0.2, 0) is 22.3 Å². The molecule has 0 aromatic heterocycles. The van der Waals surface area contributed by atoms with Crippen molar-refractivity contribution in [3.05, 3.63) is 35.4 Å². The van der Waals surface area contributed by atoms with Crippen molar-refractivity contribution in [2.45, 2.75) is 50.9 Å². The summed E-state index contributed by atoms with van der Waals surface area (Å²) in [5, 5.41) is 6.71. The number of guanidine groups is 1. The molecule has 1 atom stereocenters. The number of sulfonamides is 1. The largest absolute Gasteiger partial charge is 0.355 e. The molecule has 0 spiro atoms. The molecule has 1 unspecified atom stereocenters. The van der Waals surface area contributed by atoms with Gasteiger partial charge < -0.3 is 10.6 Å². The fraction of sp³-hybridized carbons (Fsp3) is 0.650. The minimum absolute atomic E-state index is 0. The normalized spacial score (nSPS) is 18.2. The predicted molar refractivity (Wildman–Crippen MR) is 131 cm³/mol. The van der Waals surface area contributed by atoms with E-state index >= 15 is 0 Å². The number of hydrogen-bond donors (Lipinski definition) is 3. The SMILES string of the molecule is CCC1CCCCN1CCNC(=NC)NCc1ccc(CS(=O)(=O)NC)cc1.I. The Labute approximate surface area is 193 Å². The molecule has 1 aromatic carbocycles. The third-order valence-corrected chi connectivity index (χ3v) is 6.62. The smallest absolute Gasteiger partial charge is 0.215 e. The van der Waals surface area contributed by atoms with Gasteiger partial charge in [-0.3, -0.25) is 9.89 Å². The summed E-state index contributed by atoms with van der Waals surface area (Å²) in [6, 6.07) is 8.31. The lowest BCUT2D eigenvalue weighted by atomic mass is 10.0. The molecular weight excluding hydrogens is 501 g/mol. The molecular formula is C20H36IN5O2S. The summed E-state index contributed by atoms with van der Waals surface area (Å²) in [4.78, 5) is 6.88. The molecule has 1 aliphatic rings. The van der Waals surface area contributed by atoms with Gasteiger partial charge in [0, 0.05) is 32.7 Å². The molecule has 1 heterocycles. The first-order chi connectivity index (χ1) is 13.5. The molecule has 166 valence electrons. The first-order valence-electron chi connectivity index (χ1n) is 10.1. The molecule has 1 saturated heterocycles. The minimum Gasteiger partial charge on any atom is -0.355 e. The van der Waals surface area contributed by atoms with E-state index in [2.05, 4.69) is 32.2 Å². The number of rotatable bonds is 9. The number of nitrogens with zero attached hydrogens (tertiary/aromatic N) is 2. The standard InChI is InChI=1S/C20H35N5O2S.HI/c1-4-19-7-5-6-13-25(19)14-12-23-20(21-2)24-15-17-8-10-18(11-9-17)16-28(26,27)22-3;/h8-11,19,22H,4-7,12-16H2,1-3H3,(H2,21,23,24);1H. The Bertz CT molecular complexity index is 725. The molecule has 3 N–H and O–H groups in total.